The number of aromatic amines is 1. The number of amides is 1. The number of rotatable bonds is 8. The molecule has 4 aromatic heterocycles. The van der Waals surface area contributed by atoms with Crippen LogP contribution in [-0.2, 0) is 11.2 Å². The molecule has 1 aliphatic rings. The van der Waals surface area contributed by atoms with Crippen LogP contribution in [-0.4, -0.2) is 71.2 Å². The number of benzene rings is 1. The Hall–Kier alpha value is -4.59. The van der Waals surface area contributed by atoms with Crippen LogP contribution in [0.4, 0.5) is 10.6 Å². The Morgan fingerprint density at radius 2 is 2.05 bits per heavy atom. The maximum Gasteiger partial charge on any atom is 0.413 e. The smallest absolute Gasteiger partial charge is 0.413 e. The number of hydrogen-bond acceptors (Lipinski definition) is 8. The molecule has 2 N–H and O–H groups in total. The van der Waals surface area contributed by atoms with E-state index in [0.717, 1.165) is 16.2 Å². The van der Waals surface area contributed by atoms with Crippen LogP contribution in [0.25, 0.3) is 28.1 Å². The van der Waals surface area contributed by atoms with E-state index in [9.17, 15) is 14.7 Å². The second kappa shape index (κ2) is 11.4. The van der Waals surface area contributed by atoms with Gasteiger partial charge in [-0.3, -0.25) is 9.69 Å². The number of methoxy groups -OCH3 is 1. The zero-order chi connectivity index (χ0) is 29.4. The van der Waals surface area contributed by atoms with Crippen LogP contribution < -0.4 is 10.5 Å². The number of carbonyl (C=O) groups is 1. The molecule has 1 amide bonds. The van der Waals surface area contributed by atoms with E-state index in [-0.39, 0.29) is 35.7 Å². The van der Waals surface area contributed by atoms with Crippen molar-refractivity contribution >= 4 is 35.1 Å². The van der Waals surface area contributed by atoms with Crippen molar-refractivity contribution in [2.45, 2.75) is 18.9 Å². The number of carboxylic acid groups (broad SMARTS) is 1. The van der Waals surface area contributed by atoms with Crippen LogP contribution in [0.2, 0.25) is 10.2 Å². The van der Waals surface area contributed by atoms with Gasteiger partial charge in [-0.05, 0) is 65.2 Å². The second-order valence-corrected chi connectivity index (χ2v) is 10.3. The maximum absolute atomic E-state index is 13.5. The predicted molar refractivity (Wildman–Crippen MR) is 154 cm³/mol. The van der Waals surface area contributed by atoms with Gasteiger partial charge in [0, 0.05) is 41.2 Å². The molecule has 0 saturated carbocycles. The van der Waals surface area contributed by atoms with E-state index in [1.54, 1.807) is 41.0 Å². The number of halogens is 2. The molecule has 0 spiro atoms. The van der Waals surface area contributed by atoms with Crippen LogP contribution >= 0.6 is 23.2 Å². The highest BCUT2D eigenvalue weighted by atomic mass is 35.5. The number of nitrogens with one attached hydrogen (secondary N) is 1. The van der Waals surface area contributed by atoms with Gasteiger partial charge in [-0.25, -0.2) is 14.8 Å². The summed E-state index contributed by atoms with van der Waals surface area (Å²) in [5.74, 6) is 0.797. The summed E-state index contributed by atoms with van der Waals surface area (Å²) in [4.78, 5) is 38.3. The number of H-pyrrole nitrogens is 1. The largest absolute Gasteiger partial charge is 0.465 e. The summed E-state index contributed by atoms with van der Waals surface area (Å²) in [5.41, 5.74) is 3.90. The molecule has 5 heterocycles. The van der Waals surface area contributed by atoms with Crippen LogP contribution in [0.3, 0.4) is 0 Å². The van der Waals surface area contributed by atoms with Gasteiger partial charge < -0.3 is 19.4 Å². The van der Waals surface area contributed by atoms with Crippen LogP contribution in [0.1, 0.15) is 24.0 Å². The highest BCUT2D eigenvalue weighted by Gasteiger charge is 2.29. The van der Waals surface area contributed by atoms with Crippen molar-refractivity contribution < 1.29 is 14.6 Å². The Bertz CT molecular complexity index is 1820. The number of anilines is 1. The monoisotopic (exact) mass is 607 g/mol. The summed E-state index contributed by atoms with van der Waals surface area (Å²) < 4.78 is 8.22. The lowest BCUT2D eigenvalue weighted by molar-refractivity contribution is 0.186. The summed E-state index contributed by atoms with van der Waals surface area (Å²) in [5, 5.41) is 21.7. The third kappa shape index (κ3) is 5.13. The highest BCUT2D eigenvalue weighted by Crippen LogP contribution is 2.36. The van der Waals surface area contributed by atoms with Gasteiger partial charge >= 0.3 is 6.09 Å². The molecule has 0 radical (unpaired) electrons. The fourth-order valence-electron chi connectivity index (χ4n) is 5.12. The van der Waals surface area contributed by atoms with E-state index in [2.05, 4.69) is 30.5 Å². The third-order valence-corrected chi connectivity index (χ3v) is 7.56. The fraction of sp³-hybridized carbons (Fsp3) is 0.222. The normalized spacial score (nSPS) is 14.2. The Labute approximate surface area is 248 Å². The molecule has 1 atom stereocenters. The number of ether oxygens (including phenoxy) is 1. The Kier molecular flexibility index (Phi) is 7.45. The Morgan fingerprint density at radius 1 is 1.19 bits per heavy atom. The predicted octanol–water partition coefficient (Wildman–Crippen LogP) is 4.25. The molecule has 1 aliphatic heterocycles. The van der Waals surface area contributed by atoms with Gasteiger partial charge in [-0.15, -0.1) is 5.10 Å². The number of fused-ring (bicyclic) bond motifs is 1. The summed E-state index contributed by atoms with van der Waals surface area (Å²) in [6.45, 7) is 0.371. The van der Waals surface area contributed by atoms with Crippen molar-refractivity contribution in [1.82, 2.24) is 39.7 Å². The first-order chi connectivity index (χ1) is 20.3. The lowest BCUT2D eigenvalue weighted by Gasteiger charge is -2.17. The van der Waals surface area contributed by atoms with E-state index in [0.29, 0.717) is 46.2 Å². The minimum Gasteiger partial charge on any atom is -0.465 e. The SMILES string of the molecule is COCCN(C(=O)O)c1ccc(-c2[nH]c([C@@H]3CCc4cc(-c5cc(Cl)ccc5-n5cnnn5)cc(=O)n43)nc2Cl)cn1. The average Bonchev–Trinajstić information content (AvgIpc) is 3.74. The topological polar surface area (TPSA) is 157 Å². The van der Waals surface area contributed by atoms with E-state index in [1.807, 2.05) is 6.07 Å². The molecule has 0 fully saturated rings. The molecule has 1 aromatic carbocycles. The molecular formula is C27H23Cl2N9O4. The number of nitrogens with zero attached hydrogens (tertiary/aromatic N) is 8. The first kappa shape index (κ1) is 27.6. The summed E-state index contributed by atoms with van der Waals surface area (Å²) in [6, 6.07) is 11.8. The van der Waals surface area contributed by atoms with E-state index in [4.69, 9.17) is 27.9 Å². The lowest BCUT2D eigenvalue weighted by atomic mass is 10.0. The van der Waals surface area contributed by atoms with Crippen LogP contribution in [0, 0.1) is 0 Å². The van der Waals surface area contributed by atoms with Crippen LogP contribution in [0.15, 0.2) is 59.8 Å². The minimum atomic E-state index is -1.13. The molecule has 42 heavy (non-hydrogen) atoms. The molecular weight excluding hydrogens is 585 g/mol. The quantitative estimate of drug-likeness (QED) is 0.263. The molecule has 0 saturated heterocycles. The third-order valence-electron chi connectivity index (χ3n) is 7.06. The second-order valence-electron chi connectivity index (χ2n) is 9.53. The molecule has 15 heteroatoms. The van der Waals surface area contributed by atoms with Crippen molar-refractivity contribution in [3.63, 3.8) is 0 Å². The lowest BCUT2D eigenvalue weighted by Crippen LogP contribution is -2.33. The molecule has 214 valence electrons. The number of imidazole rings is 1. The molecule has 0 unspecified atom stereocenters. The summed E-state index contributed by atoms with van der Waals surface area (Å²) in [6.07, 6.45) is 3.15. The van der Waals surface area contributed by atoms with Gasteiger partial charge in [-0.1, -0.05) is 23.2 Å². The van der Waals surface area contributed by atoms with Crippen molar-refractivity contribution in [1.29, 1.82) is 0 Å². The summed E-state index contributed by atoms with van der Waals surface area (Å²) in [7, 11) is 1.50. The number of aromatic nitrogens is 8. The molecule has 6 rings (SSSR count). The molecule has 5 aromatic rings. The first-order valence-corrected chi connectivity index (χ1v) is 13.6. The van der Waals surface area contributed by atoms with E-state index >= 15 is 0 Å². The number of aryl methyl sites for hydroxylation is 1. The maximum atomic E-state index is 13.5. The van der Waals surface area contributed by atoms with Gasteiger partial charge in [0.25, 0.3) is 5.56 Å². The Morgan fingerprint density at radius 3 is 2.76 bits per heavy atom. The Balaban J connectivity index is 1.31. The fourth-order valence-corrected chi connectivity index (χ4v) is 5.54. The van der Waals surface area contributed by atoms with Gasteiger partial charge in [0.15, 0.2) is 5.15 Å². The van der Waals surface area contributed by atoms with Crippen molar-refractivity contribution in [3.05, 3.63) is 87.0 Å². The zero-order valence-electron chi connectivity index (χ0n) is 22.1. The number of pyridine rings is 2. The molecule has 0 bridgehead atoms. The first-order valence-electron chi connectivity index (χ1n) is 12.8. The van der Waals surface area contributed by atoms with Gasteiger partial charge in [0.1, 0.15) is 18.0 Å². The minimum absolute atomic E-state index is 0.140. The number of tetrazole rings is 1. The highest BCUT2D eigenvalue weighted by molar-refractivity contribution is 6.32. The molecule has 13 nitrogen and oxygen atoms in total. The average molecular weight is 608 g/mol. The van der Waals surface area contributed by atoms with Gasteiger partial charge in [-0.2, -0.15) is 4.68 Å². The van der Waals surface area contributed by atoms with E-state index < -0.39 is 6.09 Å². The van der Waals surface area contributed by atoms with Crippen molar-refractivity contribution in [2.24, 2.45) is 0 Å². The van der Waals surface area contributed by atoms with Crippen molar-refractivity contribution in [2.75, 3.05) is 25.2 Å². The standard InChI is InChI=1S/C27H23Cl2N9O4/c1-42-9-8-36(27(40)41)22-7-2-15(13-30-22)24-25(29)33-26(32-24)21-6-4-18-10-16(11-23(39)38(18)21)19-12-17(28)3-5-20(19)37-14-31-34-35-37/h2-3,5,7,10-14,21H,4,6,8-9H2,1H3,(H,32,33)(H,40,41)/t21-/m0/s1. The zero-order valence-corrected chi connectivity index (χ0v) is 23.6. The van der Waals surface area contributed by atoms with E-state index in [1.165, 1.54) is 24.3 Å². The molecule has 0 aliphatic carbocycles. The summed E-state index contributed by atoms with van der Waals surface area (Å²) >= 11 is 12.8. The number of hydrogen-bond donors (Lipinski definition) is 2. The van der Waals surface area contributed by atoms with Gasteiger partial charge in [0.05, 0.1) is 30.6 Å². The van der Waals surface area contributed by atoms with Gasteiger partial charge in [0.2, 0.25) is 0 Å². The van der Waals surface area contributed by atoms with Crippen molar-refractivity contribution in [3.8, 4) is 28.1 Å². The van der Waals surface area contributed by atoms with Crippen LogP contribution in [0.5, 0.6) is 0 Å².